The van der Waals surface area contributed by atoms with Crippen LogP contribution in [0.4, 0.5) is 5.69 Å². The Kier molecular flexibility index (Phi) is 5.44. The first kappa shape index (κ1) is 17.9. The summed E-state index contributed by atoms with van der Waals surface area (Å²) >= 11 is 0. The summed E-state index contributed by atoms with van der Waals surface area (Å²) in [5.41, 5.74) is 0.562. The monoisotopic (exact) mass is 339 g/mol. The van der Waals surface area contributed by atoms with Crippen molar-refractivity contribution in [3.05, 3.63) is 24.3 Å². The van der Waals surface area contributed by atoms with Gasteiger partial charge in [0.15, 0.2) is 0 Å². The van der Waals surface area contributed by atoms with Gasteiger partial charge < -0.3 is 5.32 Å². The number of primary sulfonamides is 1. The number of nitrogens with zero attached hydrogens (tertiary/aromatic N) is 1. The number of piperidine rings is 1. The molecule has 23 heavy (non-hydrogen) atoms. The normalized spacial score (nSPS) is 24.2. The minimum Gasteiger partial charge on any atom is -0.325 e. The lowest BCUT2D eigenvalue weighted by Gasteiger charge is -2.38. The molecule has 0 spiro atoms. The number of hydrogen-bond acceptors (Lipinski definition) is 4. The first-order valence-corrected chi connectivity index (χ1v) is 9.39. The third-order valence-electron chi connectivity index (χ3n) is 4.27. The molecule has 1 aliphatic rings. The summed E-state index contributed by atoms with van der Waals surface area (Å²) in [6.45, 7) is 8.16. The Morgan fingerprint density at radius 2 is 1.74 bits per heavy atom. The lowest BCUT2D eigenvalue weighted by molar-refractivity contribution is -0.121. The van der Waals surface area contributed by atoms with Crippen molar-refractivity contribution in [1.29, 1.82) is 0 Å². The highest BCUT2D eigenvalue weighted by Gasteiger charge is 2.28. The number of carbonyl (C=O) groups is 1. The van der Waals surface area contributed by atoms with Crippen LogP contribution in [0.1, 0.15) is 27.2 Å². The minimum atomic E-state index is -3.71. The van der Waals surface area contributed by atoms with Crippen LogP contribution in [0.5, 0.6) is 0 Å². The van der Waals surface area contributed by atoms with Crippen molar-refractivity contribution < 1.29 is 13.2 Å². The van der Waals surface area contributed by atoms with Crippen LogP contribution in [0.25, 0.3) is 0 Å². The summed E-state index contributed by atoms with van der Waals surface area (Å²) in [5, 5.41) is 7.89. The number of hydrogen-bond donors (Lipinski definition) is 2. The van der Waals surface area contributed by atoms with Crippen LogP contribution < -0.4 is 10.5 Å². The molecule has 1 heterocycles. The second-order valence-corrected chi connectivity index (χ2v) is 8.20. The highest BCUT2D eigenvalue weighted by atomic mass is 32.2. The second kappa shape index (κ2) is 6.98. The van der Waals surface area contributed by atoms with E-state index in [2.05, 4.69) is 24.1 Å². The maximum absolute atomic E-state index is 12.4. The molecule has 0 aromatic heterocycles. The van der Waals surface area contributed by atoms with E-state index in [0.29, 0.717) is 17.5 Å². The number of rotatable bonds is 4. The van der Waals surface area contributed by atoms with E-state index in [1.54, 1.807) is 12.1 Å². The zero-order valence-electron chi connectivity index (χ0n) is 13.8. The smallest absolute Gasteiger partial charge is 0.241 e. The number of benzene rings is 1. The third kappa shape index (κ3) is 4.76. The Bertz CT molecular complexity index is 648. The Labute approximate surface area is 138 Å². The second-order valence-electron chi connectivity index (χ2n) is 6.63. The summed E-state index contributed by atoms with van der Waals surface area (Å²) < 4.78 is 22.5. The summed E-state index contributed by atoms with van der Waals surface area (Å²) in [5.74, 6) is 1.08. The van der Waals surface area contributed by atoms with Crippen LogP contribution >= 0.6 is 0 Å². The fourth-order valence-corrected chi connectivity index (χ4v) is 3.68. The van der Waals surface area contributed by atoms with Crippen molar-refractivity contribution in [3.63, 3.8) is 0 Å². The van der Waals surface area contributed by atoms with Crippen molar-refractivity contribution in [2.45, 2.75) is 38.1 Å². The maximum atomic E-state index is 12.4. The van der Waals surface area contributed by atoms with E-state index < -0.39 is 10.0 Å². The molecular weight excluding hydrogens is 314 g/mol. The molecule has 3 atom stereocenters. The van der Waals surface area contributed by atoms with Gasteiger partial charge in [0.25, 0.3) is 0 Å². The highest BCUT2D eigenvalue weighted by molar-refractivity contribution is 7.89. The Morgan fingerprint density at radius 1 is 1.22 bits per heavy atom. The molecule has 0 radical (unpaired) electrons. The van der Waals surface area contributed by atoms with Crippen LogP contribution in [-0.4, -0.2) is 38.4 Å². The molecule has 3 N–H and O–H groups in total. The predicted octanol–water partition coefficient (Wildman–Crippen LogP) is 1.64. The number of nitrogens with one attached hydrogen (secondary N) is 1. The van der Waals surface area contributed by atoms with Gasteiger partial charge in [-0.3, -0.25) is 9.69 Å². The van der Waals surface area contributed by atoms with Crippen molar-refractivity contribution in [2.24, 2.45) is 17.0 Å². The molecule has 2 rings (SSSR count). The molecule has 6 nitrogen and oxygen atoms in total. The topological polar surface area (TPSA) is 92.5 Å². The Morgan fingerprint density at radius 3 is 2.22 bits per heavy atom. The average Bonchev–Trinajstić information content (AvgIpc) is 2.45. The van der Waals surface area contributed by atoms with Gasteiger partial charge in [-0.1, -0.05) is 13.8 Å². The van der Waals surface area contributed by atoms with Crippen LogP contribution in [-0.2, 0) is 14.8 Å². The molecule has 1 saturated heterocycles. The number of nitrogens with two attached hydrogens (primary N) is 1. The molecule has 1 aromatic rings. The Hall–Kier alpha value is -1.44. The molecule has 1 aromatic carbocycles. The van der Waals surface area contributed by atoms with Crippen LogP contribution in [0.3, 0.4) is 0 Å². The summed E-state index contributed by atoms with van der Waals surface area (Å²) in [4.78, 5) is 14.6. The molecule has 0 saturated carbocycles. The van der Waals surface area contributed by atoms with Gasteiger partial charge in [-0.05, 0) is 49.4 Å². The number of sulfonamides is 1. The van der Waals surface area contributed by atoms with Crippen molar-refractivity contribution in [2.75, 3.05) is 18.4 Å². The summed E-state index contributed by atoms with van der Waals surface area (Å²) in [6.07, 6.45) is 1.19. The Balaban J connectivity index is 2.01. The molecule has 1 fully saturated rings. The summed E-state index contributed by atoms with van der Waals surface area (Å²) in [6, 6.07) is 5.65. The zero-order chi connectivity index (χ0) is 17.2. The van der Waals surface area contributed by atoms with Gasteiger partial charge in [0.05, 0.1) is 10.9 Å². The van der Waals surface area contributed by atoms with E-state index in [1.807, 2.05) is 6.92 Å². The van der Waals surface area contributed by atoms with Gasteiger partial charge in [-0.2, -0.15) is 0 Å². The molecule has 7 heteroatoms. The van der Waals surface area contributed by atoms with Crippen molar-refractivity contribution >= 4 is 21.6 Å². The van der Waals surface area contributed by atoms with Gasteiger partial charge in [0, 0.05) is 18.8 Å². The first-order valence-electron chi connectivity index (χ1n) is 7.84. The molecule has 0 aliphatic carbocycles. The largest absolute Gasteiger partial charge is 0.325 e. The van der Waals surface area contributed by atoms with E-state index in [4.69, 9.17) is 5.14 Å². The average molecular weight is 339 g/mol. The predicted molar refractivity (Wildman–Crippen MR) is 90.4 cm³/mol. The van der Waals surface area contributed by atoms with Gasteiger partial charge in [0.1, 0.15) is 0 Å². The van der Waals surface area contributed by atoms with Crippen LogP contribution in [0, 0.1) is 11.8 Å². The first-order chi connectivity index (χ1) is 10.7. The number of amides is 1. The van der Waals surface area contributed by atoms with Crippen molar-refractivity contribution in [1.82, 2.24) is 4.90 Å². The molecule has 1 aliphatic heterocycles. The zero-order valence-corrected chi connectivity index (χ0v) is 14.6. The molecule has 128 valence electrons. The number of carbonyl (C=O) groups excluding carboxylic acids is 1. The van der Waals surface area contributed by atoms with Gasteiger partial charge in [-0.15, -0.1) is 0 Å². The standard InChI is InChI=1S/C16H25N3O3S/c1-11-8-12(2)10-19(9-11)13(3)16(20)18-14-4-6-15(7-5-14)23(17,21)22/h4-7,11-13H,8-10H2,1-3H3,(H,18,20)(H2,17,21,22)/t11-,12-,13-/m0/s1. The highest BCUT2D eigenvalue weighted by Crippen LogP contribution is 2.23. The molecule has 1 amide bonds. The van der Waals surface area contributed by atoms with E-state index in [-0.39, 0.29) is 16.8 Å². The lowest BCUT2D eigenvalue weighted by atomic mass is 9.91. The van der Waals surface area contributed by atoms with Gasteiger partial charge in [-0.25, -0.2) is 13.6 Å². The van der Waals surface area contributed by atoms with Crippen molar-refractivity contribution in [3.8, 4) is 0 Å². The number of anilines is 1. The fourth-order valence-electron chi connectivity index (χ4n) is 3.17. The van der Waals surface area contributed by atoms with E-state index in [9.17, 15) is 13.2 Å². The quantitative estimate of drug-likeness (QED) is 0.872. The maximum Gasteiger partial charge on any atom is 0.241 e. The van der Waals surface area contributed by atoms with E-state index in [1.165, 1.54) is 18.6 Å². The lowest BCUT2D eigenvalue weighted by Crippen LogP contribution is -2.48. The SMILES string of the molecule is C[C@H]1C[C@H](C)CN([C@@H](C)C(=O)Nc2ccc(S(N)(=O)=O)cc2)C1. The molecular formula is C16H25N3O3S. The molecule has 0 unspecified atom stereocenters. The summed E-state index contributed by atoms with van der Waals surface area (Å²) in [7, 11) is -3.71. The van der Waals surface area contributed by atoms with Crippen LogP contribution in [0.15, 0.2) is 29.2 Å². The van der Waals surface area contributed by atoms with Gasteiger partial charge >= 0.3 is 0 Å². The third-order valence-corrected chi connectivity index (χ3v) is 5.20. The van der Waals surface area contributed by atoms with Crippen LogP contribution in [0.2, 0.25) is 0 Å². The van der Waals surface area contributed by atoms with E-state index in [0.717, 1.165) is 13.1 Å². The fraction of sp³-hybridized carbons (Fsp3) is 0.562. The number of likely N-dealkylation sites (tertiary alicyclic amines) is 1. The molecule has 0 bridgehead atoms. The van der Waals surface area contributed by atoms with E-state index >= 15 is 0 Å². The van der Waals surface area contributed by atoms with Gasteiger partial charge in [0.2, 0.25) is 15.9 Å². The minimum absolute atomic E-state index is 0.0298.